The van der Waals surface area contributed by atoms with Crippen LogP contribution in [0.5, 0.6) is 0 Å². The Bertz CT molecular complexity index is 980. The highest BCUT2D eigenvalue weighted by molar-refractivity contribution is 6.11. The van der Waals surface area contributed by atoms with E-state index in [0.29, 0.717) is 16.3 Å². The predicted octanol–water partition coefficient (Wildman–Crippen LogP) is 3.32. The van der Waals surface area contributed by atoms with Gasteiger partial charge >= 0.3 is 17.9 Å². The molecule has 8 heteroatoms. The fourth-order valence-electron chi connectivity index (χ4n) is 2.26. The molecule has 28 heavy (non-hydrogen) atoms. The van der Waals surface area contributed by atoms with Crippen LogP contribution in [0, 0.1) is 0 Å². The minimum atomic E-state index is -1.23. The average molecular weight is 384 g/mol. The van der Waals surface area contributed by atoms with Gasteiger partial charge in [-0.1, -0.05) is 48.5 Å². The molecular weight excluding hydrogens is 368 g/mol. The molecule has 0 aliphatic rings. The van der Waals surface area contributed by atoms with Crippen LogP contribution >= 0.6 is 0 Å². The van der Waals surface area contributed by atoms with Gasteiger partial charge in [0.05, 0.1) is 16.7 Å². The molecule has 0 spiro atoms. The van der Waals surface area contributed by atoms with Crippen LogP contribution in [0.3, 0.4) is 0 Å². The van der Waals surface area contributed by atoms with E-state index in [4.69, 9.17) is 25.2 Å². The van der Waals surface area contributed by atoms with E-state index in [9.17, 15) is 14.4 Å². The zero-order valence-corrected chi connectivity index (χ0v) is 14.4. The summed E-state index contributed by atoms with van der Waals surface area (Å²) in [6.45, 7) is -0.250. The van der Waals surface area contributed by atoms with Gasteiger partial charge in [0, 0.05) is 0 Å². The van der Waals surface area contributed by atoms with Crippen molar-refractivity contribution in [2.24, 2.45) is 0 Å². The van der Waals surface area contributed by atoms with Crippen LogP contribution in [0.4, 0.5) is 0 Å². The zero-order chi connectivity index (χ0) is 21.1. The van der Waals surface area contributed by atoms with Crippen molar-refractivity contribution in [1.82, 2.24) is 0 Å². The van der Waals surface area contributed by atoms with E-state index in [0.717, 1.165) is 0 Å². The maximum Gasteiger partial charge on any atom is 0.337 e. The predicted molar refractivity (Wildman–Crippen MR) is 100.0 cm³/mol. The number of aromatic carboxylic acids is 3. The van der Waals surface area contributed by atoms with Crippen molar-refractivity contribution in [2.75, 3.05) is 0 Å². The first-order valence-corrected chi connectivity index (χ1v) is 7.68. The number of carboxylic acid groups (broad SMARTS) is 4. The highest BCUT2D eigenvalue weighted by Gasteiger charge is 2.18. The molecule has 0 saturated heterocycles. The molecule has 3 aromatic rings. The Labute approximate surface area is 158 Å². The highest BCUT2D eigenvalue weighted by atomic mass is 16.4. The topological polar surface area (TPSA) is 149 Å². The molecule has 0 amide bonds. The number of hydrogen-bond donors (Lipinski definition) is 4. The number of carbonyl (C=O) groups is 4. The third-order valence-electron chi connectivity index (χ3n) is 3.39. The lowest BCUT2D eigenvalue weighted by molar-refractivity contribution is -0.122. The van der Waals surface area contributed by atoms with Gasteiger partial charge in [0.25, 0.3) is 6.47 Å². The summed E-state index contributed by atoms with van der Waals surface area (Å²) >= 11 is 0. The Morgan fingerprint density at radius 3 is 1.68 bits per heavy atom. The van der Waals surface area contributed by atoms with Gasteiger partial charge in [-0.2, -0.15) is 0 Å². The summed E-state index contributed by atoms with van der Waals surface area (Å²) in [5.74, 6) is -3.34. The van der Waals surface area contributed by atoms with Crippen molar-refractivity contribution in [3.05, 3.63) is 83.4 Å². The summed E-state index contributed by atoms with van der Waals surface area (Å²) in [6.07, 6.45) is 0. The molecule has 0 radical (unpaired) electrons. The number of fused-ring (bicyclic) bond motifs is 1. The molecule has 0 unspecified atom stereocenters. The molecule has 0 fully saturated rings. The van der Waals surface area contributed by atoms with Crippen LogP contribution < -0.4 is 0 Å². The van der Waals surface area contributed by atoms with Gasteiger partial charge in [-0.3, -0.25) is 4.79 Å². The lowest BCUT2D eigenvalue weighted by atomic mass is 9.99. The highest BCUT2D eigenvalue weighted by Crippen LogP contribution is 2.22. The van der Waals surface area contributed by atoms with E-state index in [1.807, 2.05) is 0 Å². The van der Waals surface area contributed by atoms with E-state index < -0.39 is 17.9 Å². The van der Waals surface area contributed by atoms with Gasteiger partial charge in [0.1, 0.15) is 0 Å². The van der Waals surface area contributed by atoms with E-state index in [1.54, 1.807) is 60.7 Å². The van der Waals surface area contributed by atoms with E-state index in [2.05, 4.69) is 0 Å². The molecule has 0 saturated carbocycles. The molecule has 4 N–H and O–H groups in total. The van der Waals surface area contributed by atoms with Crippen molar-refractivity contribution < 1.29 is 39.6 Å². The number of hydrogen-bond acceptors (Lipinski definition) is 4. The second-order valence-electron chi connectivity index (χ2n) is 5.10. The van der Waals surface area contributed by atoms with Crippen LogP contribution in [0.25, 0.3) is 10.8 Å². The summed E-state index contributed by atoms with van der Waals surface area (Å²) < 4.78 is 0. The van der Waals surface area contributed by atoms with Crippen molar-refractivity contribution in [3.63, 3.8) is 0 Å². The Balaban J connectivity index is 0.000000276. The van der Waals surface area contributed by atoms with Gasteiger partial charge in [0.15, 0.2) is 0 Å². The van der Waals surface area contributed by atoms with Crippen molar-refractivity contribution in [3.8, 4) is 0 Å². The smallest absolute Gasteiger partial charge is 0.337 e. The standard InChI is InChI=1S/C12H8O4.C7H6O2.CH2O2/c13-11(14)9-6-5-7-3-1-2-4-8(7)10(9)12(15)16;8-7(9)6-4-2-1-3-5-6;2-1-3/h1-6H,(H,13,14)(H,15,16);1-5H,(H,8,9);1H,(H,2,3). The van der Waals surface area contributed by atoms with Crippen molar-refractivity contribution >= 4 is 35.2 Å². The minimum Gasteiger partial charge on any atom is -0.483 e. The van der Waals surface area contributed by atoms with E-state index in [1.165, 1.54) is 6.07 Å². The van der Waals surface area contributed by atoms with Gasteiger partial charge in [-0.25, -0.2) is 14.4 Å². The fraction of sp³-hybridized carbons (Fsp3) is 0. The number of rotatable bonds is 3. The first-order valence-electron chi connectivity index (χ1n) is 7.68. The van der Waals surface area contributed by atoms with Gasteiger partial charge in [-0.05, 0) is 29.0 Å². The average Bonchev–Trinajstić information content (AvgIpc) is 2.68. The summed E-state index contributed by atoms with van der Waals surface area (Å²) in [6, 6.07) is 18.0. The maximum absolute atomic E-state index is 11.1. The Kier molecular flexibility index (Phi) is 8.36. The number of carboxylic acids is 3. The van der Waals surface area contributed by atoms with Crippen LogP contribution in [0.1, 0.15) is 31.1 Å². The largest absolute Gasteiger partial charge is 0.483 e. The van der Waals surface area contributed by atoms with Crippen LogP contribution in [0.15, 0.2) is 66.7 Å². The van der Waals surface area contributed by atoms with Crippen LogP contribution in [-0.4, -0.2) is 44.8 Å². The third-order valence-corrected chi connectivity index (χ3v) is 3.39. The fourth-order valence-corrected chi connectivity index (χ4v) is 2.26. The molecule has 0 atom stereocenters. The molecule has 3 rings (SSSR count). The van der Waals surface area contributed by atoms with Crippen LogP contribution in [-0.2, 0) is 4.79 Å². The monoisotopic (exact) mass is 384 g/mol. The first kappa shape index (κ1) is 21.8. The second-order valence-corrected chi connectivity index (χ2v) is 5.10. The lowest BCUT2D eigenvalue weighted by Crippen LogP contribution is -2.08. The maximum atomic E-state index is 11.1. The molecule has 0 heterocycles. The molecule has 8 nitrogen and oxygen atoms in total. The Morgan fingerprint density at radius 2 is 1.21 bits per heavy atom. The molecule has 0 bridgehead atoms. The van der Waals surface area contributed by atoms with Gasteiger partial charge in [-0.15, -0.1) is 0 Å². The van der Waals surface area contributed by atoms with Gasteiger partial charge < -0.3 is 20.4 Å². The van der Waals surface area contributed by atoms with Gasteiger partial charge in [0.2, 0.25) is 0 Å². The third kappa shape index (κ3) is 5.95. The molecule has 144 valence electrons. The zero-order valence-electron chi connectivity index (χ0n) is 14.4. The summed E-state index contributed by atoms with van der Waals surface area (Å²) in [4.78, 5) is 40.5. The SMILES string of the molecule is O=C(O)c1ccc2ccccc2c1C(=O)O.O=C(O)c1ccccc1.O=CO. The second kappa shape index (κ2) is 10.7. The van der Waals surface area contributed by atoms with Crippen LogP contribution in [0.2, 0.25) is 0 Å². The summed E-state index contributed by atoms with van der Waals surface area (Å²) in [7, 11) is 0. The first-order chi connectivity index (χ1) is 13.3. The quantitative estimate of drug-likeness (QED) is 0.502. The molecule has 3 aromatic carbocycles. The Morgan fingerprint density at radius 1 is 0.679 bits per heavy atom. The summed E-state index contributed by atoms with van der Waals surface area (Å²) in [5.41, 5.74) is -0.0192. The van der Waals surface area contributed by atoms with E-state index >= 15 is 0 Å². The molecule has 0 aliphatic carbocycles. The summed E-state index contributed by atoms with van der Waals surface area (Å²) in [5, 5.41) is 34.4. The minimum absolute atomic E-state index is 0.161. The van der Waals surface area contributed by atoms with E-state index in [-0.39, 0.29) is 17.6 Å². The van der Waals surface area contributed by atoms with Crippen molar-refractivity contribution in [2.45, 2.75) is 0 Å². The lowest BCUT2D eigenvalue weighted by Gasteiger charge is -2.05. The van der Waals surface area contributed by atoms with Crippen molar-refractivity contribution in [1.29, 1.82) is 0 Å². The molecular formula is C20H16O8. The Hall–Kier alpha value is -4.20. The molecule has 0 aliphatic heterocycles. The molecule has 0 aromatic heterocycles. The normalized spacial score (nSPS) is 9.14. The number of benzene rings is 3.